The first-order chi connectivity index (χ1) is 14.2. The van der Waals surface area contributed by atoms with Gasteiger partial charge in [0.25, 0.3) is 0 Å². The molecular weight excluding hydrogens is 404 g/mol. The van der Waals surface area contributed by atoms with E-state index in [9.17, 15) is 4.79 Å². The summed E-state index contributed by atoms with van der Waals surface area (Å²) in [6.45, 7) is 0.526. The maximum atomic E-state index is 11.9. The third-order valence-electron chi connectivity index (χ3n) is 3.95. The van der Waals surface area contributed by atoms with Gasteiger partial charge in [0.1, 0.15) is 12.4 Å². The molecule has 0 unspecified atom stereocenters. The fourth-order valence-corrected chi connectivity index (χ4v) is 3.35. The summed E-state index contributed by atoms with van der Waals surface area (Å²) < 4.78 is 5.75. The number of ether oxygens (including phenoxy) is 1. The van der Waals surface area contributed by atoms with Crippen LogP contribution in [0.15, 0.2) is 84.0 Å². The molecule has 4 nitrogen and oxygen atoms in total. The summed E-state index contributed by atoms with van der Waals surface area (Å²) in [4.78, 5) is 11.9. The lowest BCUT2D eigenvalue weighted by molar-refractivity contribution is -0.118. The van der Waals surface area contributed by atoms with Gasteiger partial charge in [0, 0.05) is 10.8 Å². The average Bonchev–Trinajstić information content (AvgIpc) is 2.75. The van der Waals surface area contributed by atoms with Crippen molar-refractivity contribution in [3.8, 4) is 5.75 Å². The van der Waals surface area contributed by atoms with Gasteiger partial charge in [0.15, 0.2) is 0 Å². The molecular formula is C23H21ClN2O2S. The normalized spacial score (nSPS) is 10.8. The largest absolute Gasteiger partial charge is 0.489 e. The van der Waals surface area contributed by atoms with Crippen LogP contribution in [0.25, 0.3) is 0 Å². The van der Waals surface area contributed by atoms with Crippen LogP contribution in [0.3, 0.4) is 0 Å². The van der Waals surface area contributed by atoms with Gasteiger partial charge in [-0.1, -0.05) is 54.1 Å². The van der Waals surface area contributed by atoms with Gasteiger partial charge in [-0.3, -0.25) is 4.79 Å². The highest BCUT2D eigenvalue weighted by Crippen LogP contribution is 2.15. The molecule has 1 amide bonds. The number of rotatable bonds is 9. The van der Waals surface area contributed by atoms with Gasteiger partial charge in [-0.05, 0) is 53.1 Å². The van der Waals surface area contributed by atoms with Crippen molar-refractivity contribution in [2.75, 3.05) is 5.75 Å². The Balaban J connectivity index is 1.37. The van der Waals surface area contributed by atoms with Gasteiger partial charge in [-0.25, -0.2) is 5.43 Å². The number of hydrogen-bond acceptors (Lipinski definition) is 4. The van der Waals surface area contributed by atoms with Gasteiger partial charge in [-0.2, -0.15) is 5.10 Å². The highest BCUT2D eigenvalue weighted by molar-refractivity contribution is 7.99. The van der Waals surface area contributed by atoms with Gasteiger partial charge < -0.3 is 4.74 Å². The summed E-state index contributed by atoms with van der Waals surface area (Å²) in [5.41, 5.74) is 5.68. The Hall–Kier alpha value is -2.76. The number of carbonyl (C=O) groups is 1. The zero-order chi connectivity index (χ0) is 20.3. The van der Waals surface area contributed by atoms with E-state index in [4.69, 9.17) is 16.3 Å². The van der Waals surface area contributed by atoms with E-state index in [1.54, 1.807) is 6.21 Å². The molecule has 29 heavy (non-hydrogen) atoms. The van der Waals surface area contributed by atoms with Crippen molar-refractivity contribution in [2.24, 2.45) is 5.10 Å². The molecule has 0 aliphatic carbocycles. The first-order valence-corrected chi connectivity index (χ1v) is 10.6. The minimum atomic E-state index is -0.136. The molecule has 0 spiro atoms. The second-order valence-electron chi connectivity index (χ2n) is 6.26. The van der Waals surface area contributed by atoms with Gasteiger partial charge in [-0.15, -0.1) is 11.8 Å². The van der Waals surface area contributed by atoms with Crippen molar-refractivity contribution in [1.29, 1.82) is 0 Å². The zero-order valence-corrected chi connectivity index (χ0v) is 17.3. The molecule has 0 aliphatic rings. The predicted molar refractivity (Wildman–Crippen MR) is 121 cm³/mol. The van der Waals surface area contributed by atoms with E-state index in [1.807, 2.05) is 78.9 Å². The summed E-state index contributed by atoms with van der Waals surface area (Å²) in [5, 5.41) is 4.72. The Bertz CT molecular complexity index is 929. The lowest BCUT2D eigenvalue weighted by atomic mass is 10.2. The number of thioether (sulfide) groups is 1. The molecule has 1 N–H and O–H groups in total. The number of amides is 1. The van der Waals surface area contributed by atoms with Crippen molar-refractivity contribution < 1.29 is 9.53 Å². The third kappa shape index (κ3) is 7.64. The Morgan fingerprint density at radius 2 is 1.69 bits per heavy atom. The molecule has 0 aromatic heterocycles. The number of halogens is 1. The molecule has 0 atom stereocenters. The van der Waals surface area contributed by atoms with Crippen molar-refractivity contribution in [1.82, 2.24) is 5.43 Å². The molecule has 0 bridgehead atoms. The second-order valence-corrected chi connectivity index (χ2v) is 7.68. The van der Waals surface area contributed by atoms with Crippen molar-refractivity contribution in [2.45, 2.75) is 12.4 Å². The molecule has 0 saturated carbocycles. The fourth-order valence-electron chi connectivity index (χ4n) is 2.44. The number of hydrazone groups is 1. The van der Waals surface area contributed by atoms with Crippen LogP contribution in [0, 0.1) is 0 Å². The monoisotopic (exact) mass is 424 g/mol. The van der Waals surface area contributed by atoms with Gasteiger partial charge in [0.2, 0.25) is 5.91 Å². The summed E-state index contributed by atoms with van der Waals surface area (Å²) >= 11 is 7.39. The van der Waals surface area contributed by atoms with Crippen LogP contribution in [-0.4, -0.2) is 17.9 Å². The molecule has 6 heteroatoms. The molecule has 0 aliphatic heterocycles. The van der Waals surface area contributed by atoms with Crippen LogP contribution in [0.2, 0.25) is 5.02 Å². The molecule has 3 rings (SSSR count). The van der Waals surface area contributed by atoms with Crippen LogP contribution in [-0.2, 0) is 17.2 Å². The Morgan fingerprint density at radius 3 is 2.41 bits per heavy atom. The van der Waals surface area contributed by atoms with Gasteiger partial charge in [0.05, 0.1) is 12.0 Å². The quantitative estimate of drug-likeness (QED) is 0.374. The molecule has 148 valence electrons. The number of nitrogens with one attached hydrogen (secondary N) is 1. The van der Waals surface area contributed by atoms with E-state index in [-0.39, 0.29) is 5.91 Å². The van der Waals surface area contributed by atoms with Crippen molar-refractivity contribution in [3.63, 3.8) is 0 Å². The van der Waals surface area contributed by atoms with E-state index in [0.29, 0.717) is 17.4 Å². The molecule has 3 aromatic rings. The minimum absolute atomic E-state index is 0.136. The van der Waals surface area contributed by atoms with Gasteiger partial charge >= 0.3 is 0 Å². The van der Waals surface area contributed by atoms with Crippen LogP contribution in [0.5, 0.6) is 5.75 Å². The molecule has 3 aromatic carbocycles. The van der Waals surface area contributed by atoms with Crippen LogP contribution in [0.1, 0.15) is 16.7 Å². The summed E-state index contributed by atoms with van der Waals surface area (Å²) in [6.07, 6.45) is 1.61. The second kappa shape index (κ2) is 11.3. The van der Waals surface area contributed by atoms with E-state index in [2.05, 4.69) is 10.5 Å². The first-order valence-electron chi connectivity index (χ1n) is 9.10. The smallest absolute Gasteiger partial charge is 0.250 e. The van der Waals surface area contributed by atoms with Crippen molar-refractivity contribution >= 4 is 35.5 Å². The lowest BCUT2D eigenvalue weighted by Gasteiger charge is -2.06. The molecule has 0 heterocycles. The highest BCUT2D eigenvalue weighted by atomic mass is 35.5. The molecule has 0 radical (unpaired) electrons. The third-order valence-corrected chi connectivity index (χ3v) is 5.20. The SMILES string of the molecule is O=C(CSCc1ccc(Cl)cc1)N/N=C\c1ccc(OCc2ccccc2)cc1. The minimum Gasteiger partial charge on any atom is -0.489 e. The Morgan fingerprint density at radius 1 is 0.966 bits per heavy atom. The van der Waals surface area contributed by atoms with E-state index < -0.39 is 0 Å². The van der Waals surface area contributed by atoms with E-state index >= 15 is 0 Å². The molecule has 0 saturated heterocycles. The first kappa shape index (κ1) is 21.0. The van der Waals surface area contributed by atoms with Crippen molar-refractivity contribution in [3.05, 3.63) is 101 Å². The van der Waals surface area contributed by atoms with Crippen LogP contribution >= 0.6 is 23.4 Å². The predicted octanol–water partition coefficient (Wildman–Crippen LogP) is 5.30. The number of nitrogens with zero attached hydrogens (tertiary/aromatic N) is 1. The Labute approximate surface area is 179 Å². The van der Waals surface area contributed by atoms with Crippen LogP contribution < -0.4 is 10.2 Å². The summed E-state index contributed by atoms with van der Waals surface area (Å²) in [6, 6.07) is 25.2. The Kier molecular flexibility index (Phi) is 8.16. The highest BCUT2D eigenvalue weighted by Gasteiger charge is 2.01. The summed E-state index contributed by atoms with van der Waals surface area (Å²) in [5.74, 6) is 1.74. The maximum Gasteiger partial charge on any atom is 0.250 e. The average molecular weight is 425 g/mol. The summed E-state index contributed by atoms with van der Waals surface area (Å²) in [7, 11) is 0. The van der Waals surface area contributed by atoms with E-state index in [1.165, 1.54) is 11.8 Å². The standard InChI is InChI=1S/C23H21ClN2O2S/c24-21-10-6-20(7-11-21)16-29-17-23(27)26-25-14-18-8-12-22(13-9-18)28-15-19-4-2-1-3-5-19/h1-14H,15-17H2,(H,26,27)/b25-14-. The molecule has 0 fully saturated rings. The lowest BCUT2D eigenvalue weighted by Crippen LogP contribution is -2.19. The number of hydrogen-bond donors (Lipinski definition) is 1. The van der Waals surface area contributed by atoms with E-state index in [0.717, 1.165) is 28.2 Å². The maximum absolute atomic E-state index is 11.9. The fraction of sp³-hybridized carbons (Fsp3) is 0.130. The topological polar surface area (TPSA) is 50.7 Å². The van der Waals surface area contributed by atoms with Crippen LogP contribution in [0.4, 0.5) is 0 Å². The number of carbonyl (C=O) groups excluding carboxylic acids is 1. The number of benzene rings is 3. The zero-order valence-electron chi connectivity index (χ0n) is 15.8.